The van der Waals surface area contributed by atoms with Gasteiger partial charge in [-0.15, -0.1) is 24.0 Å². The molecule has 1 saturated heterocycles. The van der Waals surface area contributed by atoms with E-state index in [1.165, 1.54) is 11.3 Å². The van der Waals surface area contributed by atoms with Gasteiger partial charge in [0.05, 0.1) is 21.3 Å². The molecule has 1 aliphatic rings. The molecule has 8 heteroatoms. The smallest absolute Gasteiger partial charge is 0.191 e. The van der Waals surface area contributed by atoms with Gasteiger partial charge in [0.2, 0.25) is 0 Å². The van der Waals surface area contributed by atoms with Crippen LogP contribution in [0.3, 0.4) is 0 Å². The number of aliphatic imine (C=N–C) groups is 1. The average Bonchev–Trinajstić information content (AvgIpc) is 3.27. The Morgan fingerprint density at radius 2 is 1.72 bits per heavy atom. The number of nitrogens with zero attached hydrogens (tertiary/aromatic N) is 2. The van der Waals surface area contributed by atoms with Gasteiger partial charge in [-0.3, -0.25) is 4.99 Å². The molecule has 1 aliphatic heterocycles. The Balaban J connectivity index is 0.00000363. The van der Waals surface area contributed by atoms with E-state index in [-0.39, 0.29) is 24.0 Å². The summed E-state index contributed by atoms with van der Waals surface area (Å²) in [5, 5.41) is 6.97. The van der Waals surface area contributed by atoms with Crippen molar-refractivity contribution in [1.29, 1.82) is 0 Å². The fourth-order valence-electron chi connectivity index (χ4n) is 3.89. The third kappa shape index (κ3) is 6.57. The molecule has 1 atom stereocenters. The zero-order valence-electron chi connectivity index (χ0n) is 19.6. The second-order valence-corrected chi connectivity index (χ2v) is 7.67. The summed E-state index contributed by atoms with van der Waals surface area (Å²) < 4.78 is 16.4. The predicted octanol–water partition coefficient (Wildman–Crippen LogP) is 3.63. The minimum atomic E-state index is 0. The highest BCUT2D eigenvalue weighted by Gasteiger charge is 2.23. The molecule has 0 aliphatic carbocycles. The Morgan fingerprint density at radius 3 is 2.28 bits per heavy atom. The number of guanidine groups is 1. The van der Waals surface area contributed by atoms with E-state index >= 15 is 0 Å². The van der Waals surface area contributed by atoms with Gasteiger partial charge >= 0.3 is 0 Å². The fraction of sp³-hybridized carbons (Fsp3) is 0.458. The van der Waals surface area contributed by atoms with Crippen molar-refractivity contribution in [3.63, 3.8) is 0 Å². The summed E-state index contributed by atoms with van der Waals surface area (Å²) in [4.78, 5) is 6.81. The second-order valence-electron chi connectivity index (χ2n) is 7.67. The molecular formula is C24H35IN4O3. The molecule has 2 aromatic rings. The Morgan fingerprint density at radius 1 is 1.06 bits per heavy atom. The first kappa shape index (κ1) is 25.9. The van der Waals surface area contributed by atoms with Crippen molar-refractivity contribution < 1.29 is 14.2 Å². The van der Waals surface area contributed by atoms with Crippen LogP contribution in [0.1, 0.15) is 17.5 Å². The van der Waals surface area contributed by atoms with E-state index in [2.05, 4.69) is 51.7 Å². The van der Waals surface area contributed by atoms with Gasteiger partial charge in [0, 0.05) is 56.1 Å². The lowest BCUT2D eigenvalue weighted by Gasteiger charge is -2.21. The topological polar surface area (TPSA) is 67.4 Å². The summed E-state index contributed by atoms with van der Waals surface area (Å²) in [5.41, 5.74) is 3.56. The van der Waals surface area contributed by atoms with Crippen molar-refractivity contribution in [2.75, 3.05) is 52.9 Å². The van der Waals surface area contributed by atoms with Crippen LogP contribution in [0.5, 0.6) is 17.2 Å². The van der Waals surface area contributed by atoms with Crippen LogP contribution in [-0.2, 0) is 6.42 Å². The molecule has 7 nitrogen and oxygen atoms in total. The lowest BCUT2D eigenvalue weighted by Crippen LogP contribution is -2.45. The Hall–Kier alpha value is -2.36. The Bertz CT molecular complexity index is 864. The maximum Gasteiger partial charge on any atom is 0.191 e. The molecule has 0 bridgehead atoms. The molecule has 32 heavy (non-hydrogen) atoms. The normalized spacial score (nSPS) is 15.7. The first-order valence-corrected chi connectivity index (χ1v) is 10.7. The highest BCUT2D eigenvalue weighted by molar-refractivity contribution is 14.0. The van der Waals surface area contributed by atoms with E-state index in [1.54, 1.807) is 28.4 Å². The standard InChI is InChI=1S/C24H34N4O3.HI/c1-17-6-8-19(9-7-17)28-13-11-18(16-28)27-24(25-2)26-12-10-21-22(30-4)14-20(29-3)15-23(21)31-5;/h6-9,14-15,18H,10-13,16H2,1-5H3,(H2,25,26,27);1H. The number of ether oxygens (including phenoxy) is 3. The first-order chi connectivity index (χ1) is 15.1. The Kier molecular flexibility index (Phi) is 10.2. The van der Waals surface area contributed by atoms with Gasteiger partial charge in [-0.2, -0.15) is 0 Å². The number of benzene rings is 2. The zero-order valence-corrected chi connectivity index (χ0v) is 21.9. The van der Waals surface area contributed by atoms with Crippen molar-refractivity contribution in [1.82, 2.24) is 10.6 Å². The molecule has 1 unspecified atom stereocenters. The summed E-state index contributed by atoms with van der Waals surface area (Å²) in [5.74, 6) is 3.03. The number of halogens is 1. The summed E-state index contributed by atoms with van der Waals surface area (Å²) in [6.07, 6.45) is 1.81. The van der Waals surface area contributed by atoms with E-state index in [1.807, 2.05) is 12.1 Å². The summed E-state index contributed by atoms with van der Waals surface area (Å²) in [7, 11) is 6.75. The fourth-order valence-corrected chi connectivity index (χ4v) is 3.89. The van der Waals surface area contributed by atoms with Crippen LogP contribution < -0.4 is 29.7 Å². The minimum absolute atomic E-state index is 0. The molecule has 1 heterocycles. The molecule has 0 radical (unpaired) electrons. The van der Waals surface area contributed by atoms with Gasteiger partial charge in [-0.05, 0) is 31.9 Å². The highest BCUT2D eigenvalue weighted by atomic mass is 127. The van der Waals surface area contributed by atoms with Gasteiger partial charge in [0.1, 0.15) is 17.2 Å². The van der Waals surface area contributed by atoms with Crippen LogP contribution in [0.4, 0.5) is 5.69 Å². The molecule has 0 saturated carbocycles. The molecule has 2 aromatic carbocycles. The number of hydrogen-bond donors (Lipinski definition) is 2. The molecule has 0 spiro atoms. The van der Waals surface area contributed by atoms with Crippen molar-refractivity contribution in [2.45, 2.75) is 25.8 Å². The number of rotatable bonds is 8. The van der Waals surface area contributed by atoms with Crippen LogP contribution in [0.25, 0.3) is 0 Å². The van der Waals surface area contributed by atoms with Crippen molar-refractivity contribution in [3.05, 3.63) is 47.5 Å². The van der Waals surface area contributed by atoms with Gasteiger partial charge < -0.3 is 29.7 Å². The molecule has 0 aromatic heterocycles. The van der Waals surface area contributed by atoms with Crippen LogP contribution in [0.15, 0.2) is 41.4 Å². The van der Waals surface area contributed by atoms with Crippen molar-refractivity contribution in [3.8, 4) is 17.2 Å². The van der Waals surface area contributed by atoms with E-state index in [0.717, 1.165) is 49.0 Å². The maximum atomic E-state index is 5.54. The number of hydrogen-bond acceptors (Lipinski definition) is 5. The number of nitrogens with one attached hydrogen (secondary N) is 2. The van der Waals surface area contributed by atoms with Crippen LogP contribution in [-0.4, -0.2) is 60.0 Å². The first-order valence-electron chi connectivity index (χ1n) is 10.7. The predicted molar refractivity (Wildman–Crippen MR) is 142 cm³/mol. The Labute approximate surface area is 208 Å². The largest absolute Gasteiger partial charge is 0.496 e. The number of anilines is 1. The third-order valence-corrected chi connectivity index (χ3v) is 5.64. The second kappa shape index (κ2) is 12.6. The molecule has 176 valence electrons. The van der Waals surface area contributed by atoms with E-state index in [0.29, 0.717) is 18.3 Å². The minimum Gasteiger partial charge on any atom is -0.496 e. The van der Waals surface area contributed by atoms with Crippen molar-refractivity contribution >= 4 is 35.6 Å². The SMILES string of the molecule is CN=C(NCCc1c(OC)cc(OC)cc1OC)NC1CCN(c2ccc(C)cc2)C1.I. The highest BCUT2D eigenvalue weighted by Crippen LogP contribution is 2.34. The van der Waals surface area contributed by atoms with E-state index < -0.39 is 0 Å². The van der Waals surface area contributed by atoms with Crippen LogP contribution in [0.2, 0.25) is 0 Å². The molecule has 1 fully saturated rings. The lowest BCUT2D eigenvalue weighted by molar-refractivity contribution is 0.368. The van der Waals surface area contributed by atoms with E-state index in [4.69, 9.17) is 14.2 Å². The third-order valence-electron chi connectivity index (χ3n) is 5.64. The van der Waals surface area contributed by atoms with Gasteiger partial charge in [0.25, 0.3) is 0 Å². The molecular weight excluding hydrogens is 519 g/mol. The molecule has 2 N–H and O–H groups in total. The number of methoxy groups -OCH3 is 3. The number of aryl methyl sites for hydroxylation is 1. The summed E-state index contributed by atoms with van der Waals surface area (Å²) in [6, 6.07) is 12.8. The summed E-state index contributed by atoms with van der Waals surface area (Å²) >= 11 is 0. The van der Waals surface area contributed by atoms with E-state index in [9.17, 15) is 0 Å². The maximum absolute atomic E-state index is 5.54. The van der Waals surface area contributed by atoms with Crippen molar-refractivity contribution in [2.24, 2.45) is 4.99 Å². The average molecular weight is 554 g/mol. The monoisotopic (exact) mass is 554 g/mol. The van der Waals surface area contributed by atoms with Crippen LogP contribution in [0, 0.1) is 6.92 Å². The van der Waals surface area contributed by atoms with Gasteiger partial charge in [-0.1, -0.05) is 17.7 Å². The zero-order chi connectivity index (χ0) is 22.2. The summed E-state index contributed by atoms with van der Waals surface area (Å²) in [6.45, 7) is 4.82. The lowest BCUT2D eigenvalue weighted by atomic mass is 10.1. The molecule has 3 rings (SSSR count). The van der Waals surface area contributed by atoms with Crippen LogP contribution >= 0.6 is 24.0 Å². The van der Waals surface area contributed by atoms with Gasteiger partial charge in [0.15, 0.2) is 5.96 Å². The van der Waals surface area contributed by atoms with Gasteiger partial charge in [-0.25, -0.2) is 0 Å². The molecule has 0 amide bonds. The quantitative estimate of drug-likeness (QED) is 0.295.